The molecule has 10 atom stereocenters. The van der Waals surface area contributed by atoms with E-state index in [1.165, 1.54) is 47.1 Å². The summed E-state index contributed by atoms with van der Waals surface area (Å²) >= 11 is 0. The lowest BCUT2D eigenvalue weighted by molar-refractivity contribution is 0.0392. The summed E-state index contributed by atoms with van der Waals surface area (Å²) in [5.74, 6) is 1.64. The number of unbranched alkanes of at least 4 members (excludes halogenated alkanes) is 1. The Balaban J connectivity index is 1.55. The van der Waals surface area contributed by atoms with Crippen LogP contribution in [0.1, 0.15) is 116 Å². The van der Waals surface area contributed by atoms with E-state index < -0.39 is 0 Å². The molecule has 0 bridgehead atoms. The third kappa shape index (κ3) is 10.8. The molecule has 0 aromatic heterocycles. The Hall–Kier alpha value is -3.54. The zero-order chi connectivity index (χ0) is 38.5. The SMILES string of the molecule is C=C(C)NC1C(CCCC)CC(CC)C(C#N)C1CC1CC(C(=C)NCCc2cccc(-c3cc(CCC)ccc3C)c2)C(C)C(NCCC)C1C#N. The molecule has 53 heavy (non-hydrogen) atoms. The highest BCUT2D eigenvalue weighted by atomic mass is 15.0. The monoisotopic (exact) mass is 718 g/mol. The van der Waals surface area contributed by atoms with E-state index in [1.807, 2.05) is 0 Å². The highest BCUT2D eigenvalue weighted by molar-refractivity contribution is 5.68. The van der Waals surface area contributed by atoms with Crippen molar-refractivity contribution < 1.29 is 0 Å². The van der Waals surface area contributed by atoms with Gasteiger partial charge < -0.3 is 16.0 Å². The van der Waals surface area contributed by atoms with Gasteiger partial charge in [-0.15, -0.1) is 0 Å². The van der Waals surface area contributed by atoms with E-state index in [-0.39, 0.29) is 47.6 Å². The Bertz CT molecular complexity index is 1560. The molecule has 5 heteroatoms. The summed E-state index contributed by atoms with van der Waals surface area (Å²) in [4.78, 5) is 0. The predicted molar refractivity (Wildman–Crippen MR) is 224 cm³/mol. The van der Waals surface area contributed by atoms with Gasteiger partial charge in [0, 0.05) is 35.9 Å². The molecule has 0 spiro atoms. The number of nitriles is 2. The van der Waals surface area contributed by atoms with E-state index in [4.69, 9.17) is 0 Å². The highest BCUT2D eigenvalue weighted by Crippen LogP contribution is 2.49. The summed E-state index contributed by atoms with van der Waals surface area (Å²) in [7, 11) is 0. The number of nitrogens with zero attached hydrogens (tertiary/aromatic N) is 2. The largest absolute Gasteiger partial charge is 0.388 e. The van der Waals surface area contributed by atoms with Crippen LogP contribution in [0, 0.1) is 76.9 Å². The predicted octanol–water partition coefficient (Wildman–Crippen LogP) is 10.9. The van der Waals surface area contributed by atoms with E-state index in [9.17, 15) is 10.5 Å². The fraction of sp³-hybridized carbons (Fsp3) is 0.625. The molecule has 10 unspecified atom stereocenters. The summed E-state index contributed by atoms with van der Waals surface area (Å²) in [6.07, 6.45) is 11.7. The average molecular weight is 718 g/mol. The van der Waals surface area contributed by atoms with Gasteiger partial charge in [-0.1, -0.05) is 116 Å². The van der Waals surface area contributed by atoms with Gasteiger partial charge in [0.2, 0.25) is 0 Å². The zero-order valence-electron chi connectivity index (χ0n) is 34.3. The van der Waals surface area contributed by atoms with Crippen LogP contribution in [0.2, 0.25) is 0 Å². The van der Waals surface area contributed by atoms with Gasteiger partial charge in [0.25, 0.3) is 0 Å². The first-order valence-electron chi connectivity index (χ1n) is 21.2. The molecular weight excluding hydrogens is 647 g/mol. The second-order valence-corrected chi connectivity index (χ2v) is 16.7. The first-order chi connectivity index (χ1) is 25.6. The number of benzene rings is 2. The summed E-state index contributed by atoms with van der Waals surface area (Å²) in [5.41, 5.74) is 8.72. The molecule has 288 valence electrons. The Labute approximate surface area is 324 Å². The van der Waals surface area contributed by atoms with E-state index in [0.29, 0.717) is 11.8 Å². The number of aryl methyl sites for hydroxylation is 2. The minimum Gasteiger partial charge on any atom is -0.388 e. The molecule has 2 aliphatic rings. The van der Waals surface area contributed by atoms with Crippen LogP contribution in [0.4, 0.5) is 0 Å². The van der Waals surface area contributed by atoms with Crippen LogP contribution < -0.4 is 16.0 Å². The van der Waals surface area contributed by atoms with Gasteiger partial charge >= 0.3 is 0 Å². The maximum absolute atomic E-state index is 10.8. The van der Waals surface area contributed by atoms with Crippen molar-refractivity contribution in [2.75, 3.05) is 13.1 Å². The number of nitrogens with one attached hydrogen (secondary N) is 3. The Kier molecular flexibility index (Phi) is 16.6. The fourth-order valence-corrected chi connectivity index (χ4v) is 10.0. The normalized spacial score (nSPS) is 28.4. The first-order valence-corrected chi connectivity index (χ1v) is 21.2. The van der Waals surface area contributed by atoms with Crippen molar-refractivity contribution in [3.05, 3.63) is 83.7 Å². The highest BCUT2D eigenvalue weighted by Gasteiger charge is 2.49. The number of hydrogen-bond acceptors (Lipinski definition) is 5. The minimum atomic E-state index is -0.108. The quantitative estimate of drug-likeness (QED) is 0.135. The molecule has 2 aliphatic carbocycles. The molecule has 4 rings (SSSR count). The van der Waals surface area contributed by atoms with Crippen LogP contribution >= 0.6 is 0 Å². The van der Waals surface area contributed by atoms with Gasteiger partial charge in [0.05, 0.1) is 24.0 Å². The molecule has 0 saturated heterocycles. The Morgan fingerprint density at radius 3 is 2.25 bits per heavy atom. The molecule has 0 radical (unpaired) electrons. The van der Waals surface area contributed by atoms with Crippen molar-refractivity contribution in [2.45, 2.75) is 131 Å². The van der Waals surface area contributed by atoms with Crippen molar-refractivity contribution in [1.29, 1.82) is 10.5 Å². The third-order valence-electron chi connectivity index (χ3n) is 12.9. The summed E-state index contributed by atoms with van der Waals surface area (Å²) in [5, 5.41) is 32.9. The van der Waals surface area contributed by atoms with Crippen molar-refractivity contribution in [1.82, 2.24) is 16.0 Å². The van der Waals surface area contributed by atoms with Crippen LogP contribution in [0.25, 0.3) is 11.1 Å². The minimum absolute atomic E-state index is 0.0242. The Morgan fingerprint density at radius 2 is 1.58 bits per heavy atom. The molecule has 0 heterocycles. The smallest absolute Gasteiger partial charge is 0.0675 e. The van der Waals surface area contributed by atoms with Gasteiger partial charge in [-0.3, -0.25) is 0 Å². The molecular formula is C48H71N5. The molecule has 0 amide bonds. The molecule has 5 nitrogen and oxygen atoms in total. The second kappa shape index (κ2) is 20.8. The van der Waals surface area contributed by atoms with E-state index in [2.05, 4.69) is 132 Å². The van der Waals surface area contributed by atoms with Crippen molar-refractivity contribution in [3.63, 3.8) is 0 Å². The van der Waals surface area contributed by atoms with Crippen LogP contribution in [0.3, 0.4) is 0 Å². The van der Waals surface area contributed by atoms with E-state index in [1.54, 1.807) is 0 Å². The van der Waals surface area contributed by atoms with Crippen LogP contribution in [0.5, 0.6) is 0 Å². The van der Waals surface area contributed by atoms with Crippen molar-refractivity contribution in [2.24, 2.45) is 47.3 Å². The fourth-order valence-electron chi connectivity index (χ4n) is 10.0. The zero-order valence-corrected chi connectivity index (χ0v) is 34.3. The molecule has 2 aromatic rings. The van der Waals surface area contributed by atoms with Crippen molar-refractivity contribution in [3.8, 4) is 23.3 Å². The third-order valence-corrected chi connectivity index (χ3v) is 12.9. The standard InChI is InChI=1S/C48H71N5/c1-10-14-18-40-27-38(13-4)45(30-49)44(48(40)53-32(5)6)29-41-28-43(34(8)47(46(41)31-50)52-23-12-3)35(9)51-24-22-37-17-15-19-39(25-37)42-26-36(16-11-2)21-20-33(42)7/h15,17,19-21,25-26,34,38,40-41,43-48,51-53H,5,9-14,16,18,22-24,27-29H2,1-4,6-8H3. The van der Waals surface area contributed by atoms with E-state index >= 15 is 0 Å². The second-order valence-electron chi connectivity index (χ2n) is 16.7. The Morgan fingerprint density at radius 1 is 0.830 bits per heavy atom. The van der Waals surface area contributed by atoms with Crippen LogP contribution in [-0.2, 0) is 12.8 Å². The summed E-state index contributed by atoms with van der Waals surface area (Å²) < 4.78 is 0. The maximum Gasteiger partial charge on any atom is 0.0675 e. The first kappa shape index (κ1) is 42.2. The van der Waals surface area contributed by atoms with Gasteiger partial charge in [-0.05, 0) is 123 Å². The average Bonchev–Trinajstić information content (AvgIpc) is 3.15. The summed E-state index contributed by atoms with van der Waals surface area (Å²) in [6.45, 7) is 26.2. The molecule has 0 aliphatic heterocycles. The molecule has 2 saturated carbocycles. The molecule has 2 aromatic carbocycles. The number of allylic oxidation sites excluding steroid dienone is 2. The van der Waals surface area contributed by atoms with Crippen LogP contribution in [0.15, 0.2) is 67.0 Å². The maximum atomic E-state index is 10.8. The lowest BCUT2D eigenvalue weighted by Gasteiger charge is -2.50. The van der Waals surface area contributed by atoms with Crippen molar-refractivity contribution >= 4 is 0 Å². The lowest BCUT2D eigenvalue weighted by atomic mass is 9.57. The topological polar surface area (TPSA) is 83.7 Å². The lowest BCUT2D eigenvalue weighted by Crippen LogP contribution is -2.55. The number of hydrogen-bond donors (Lipinski definition) is 3. The summed E-state index contributed by atoms with van der Waals surface area (Å²) in [6, 6.07) is 21.8. The van der Waals surface area contributed by atoms with Gasteiger partial charge in [0.15, 0.2) is 0 Å². The van der Waals surface area contributed by atoms with Crippen LogP contribution in [-0.4, -0.2) is 25.2 Å². The van der Waals surface area contributed by atoms with E-state index in [0.717, 1.165) is 75.9 Å². The number of rotatable bonds is 19. The van der Waals surface area contributed by atoms with Gasteiger partial charge in [-0.2, -0.15) is 10.5 Å². The molecule has 2 fully saturated rings. The molecule has 3 N–H and O–H groups in total. The van der Waals surface area contributed by atoms with Gasteiger partial charge in [0.1, 0.15) is 0 Å². The van der Waals surface area contributed by atoms with Gasteiger partial charge in [-0.25, -0.2) is 0 Å².